The highest BCUT2D eigenvalue weighted by Gasteiger charge is 2.32. The Balaban J connectivity index is 0.000000105. The van der Waals surface area contributed by atoms with Crippen molar-refractivity contribution >= 4 is 46.6 Å². The minimum atomic E-state index is 0.338. The van der Waals surface area contributed by atoms with Crippen molar-refractivity contribution in [1.29, 1.82) is 0 Å². The van der Waals surface area contributed by atoms with Gasteiger partial charge in [-0.05, 0) is 158 Å². The molecule has 0 fully saturated rings. The zero-order chi connectivity index (χ0) is 96.5. The highest BCUT2D eigenvalue weighted by atomic mass is 35.5. The maximum atomic E-state index is 6.28. The maximum Gasteiger partial charge on any atom is 0.225 e. The second-order valence-corrected chi connectivity index (χ2v) is 34.1. The molecule has 0 unspecified atom stereocenters. The van der Waals surface area contributed by atoms with Gasteiger partial charge in [0.15, 0.2) is 23.3 Å². The molecular formula is C98H75Cl3N34O5S. The third-order valence-corrected chi connectivity index (χ3v) is 24.7. The first-order chi connectivity index (χ1) is 69.0. The molecule has 5 aromatic carbocycles. The van der Waals surface area contributed by atoms with Crippen LogP contribution < -0.4 is 14.2 Å². The fraction of sp³-hybridized carbons (Fsp3) is 0.163. The number of thioether (sulfide) groups is 1. The largest absolute Gasteiger partial charge is 0.480 e. The number of halogens is 3. The van der Waals surface area contributed by atoms with Gasteiger partial charge >= 0.3 is 0 Å². The molecule has 0 aliphatic carbocycles. The molecule has 39 nitrogen and oxygen atoms in total. The number of methoxy groups -OCH3 is 5. The first-order valence-electron chi connectivity index (χ1n) is 43.3. The Hall–Kier alpha value is -17.8. The van der Waals surface area contributed by atoms with Crippen molar-refractivity contribution in [1.82, 2.24) is 168 Å². The summed E-state index contributed by atoms with van der Waals surface area (Å²) in [7, 11) is 9.86. The molecule has 20 aromatic rings. The fourth-order valence-electron chi connectivity index (χ4n) is 16.6. The average Bonchev–Trinajstić information content (AvgIpc) is 1.63. The van der Waals surface area contributed by atoms with Gasteiger partial charge in [-0.1, -0.05) is 91.8 Å². The van der Waals surface area contributed by atoms with Gasteiger partial charge in [0.2, 0.25) is 17.6 Å². The van der Waals surface area contributed by atoms with Gasteiger partial charge in [0, 0.05) is 84.7 Å². The molecule has 0 bridgehead atoms. The van der Waals surface area contributed by atoms with E-state index in [4.69, 9.17) is 58.5 Å². The van der Waals surface area contributed by atoms with E-state index in [0.29, 0.717) is 129 Å². The van der Waals surface area contributed by atoms with Crippen LogP contribution in [0, 0.1) is 73.1 Å². The number of benzene rings is 5. The highest BCUT2D eigenvalue weighted by Crippen LogP contribution is 2.39. The topological polar surface area (TPSA) is 406 Å². The predicted octanol–water partition coefficient (Wildman–Crippen LogP) is 12.0. The molecule has 0 atom stereocenters. The predicted molar refractivity (Wildman–Crippen MR) is 518 cm³/mol. The maximum absolute atomic E-state index is 6.28. The summed E-state index contributed by atoms with van der Waals surface area (Å²) in [5.74, 6) is 35.9. The van der Waals surface area contributed by atoms with Gasteiger partial charge in [-0.3, -0.25) is 27.5 Å². The number of pyridine rings is 1. The normalized spacial score (nSPS) is 11.7. The van der Waals surface area contributed by atoms with Gasteiger partial charge in [-0.2, -0.15) is 20.4 Å². The molecule has 0 radical (unpaired) electrons. The highest BCUT2D eigenvalue weighted by molar-refractivity contribution is 7.98. The van der Waals surface area contributed by atoms with E-state index in [1.807, 2.05) is 126 Å². The average molecular weight is 1950 g/mol. The van der Waals surface area contributed by atoms with E-state index in [9.17, 15) is 0 Å². The zero-order valence-electron chi connectivity index (χ0n) is 76.3. The van der Waals surface area contributed by atoms with Crippen LogP contribution in [0.15, 0.2) is 195 Å². The lowest BCUT2D eigenvalue weighted by Crippen LogP contribution is -2.09. The molecule has 0 saturated carbocycles. The monoisotopic (exact) mass is 1940 g/mol. The molecule has 5 aliphatic rings. The fourth-order valence-corrected chi connectivity index (χ4v) is 17.5. The van der Waals surface area contributed by atoms with Gasteiger partial charge in [0.25, 0.3) is 0 Å². The number of hydrogen-bond acceptors (Lipinski definition) is 26. The second-order valence-electron chi connectivity index (χ2n) is 32.0. The number of nitrogens with one attached hydrogen (secondary N) is 3. The van der Waals surface area contributed by atoms with Crippen molar-refractivity contribution in [2.45, 2.75) is 64.4 Å². The quantitative estimate of drug-likeness (QED) is 0.0939. The van der Waals surface area contributed by atoms with Gasteiger partial charge in [0.1, 0.15) is 95.7 Å². The molecule has 694 valence electrons. The summed E-state index contributed by atoms with van der Waals surface area (Å²) in [5.41, 5.74) is 26.4. The first kappa shape index (κ1) is 89.7. The molecule has 5 aliphatic heterocycles. The Kier molecular flexibility index (Phi) is 24.6. The SMILES string of the molecule is COCc1nnc2n1Cc1c(C#Cc3ccc(SC)nc3)ncn1-c1ccc(C)cc1-2.COCc1nnc2n1Cc1c(C#Cc3cn[nH]c3OC)ncn1-c1ccc(Cl)cc1-2.COc1[nH]ncc1C#Cc1ncn2c1Cc1cnnn1-c1cc(C)ccc1-2.COc1[nH]ncc1C#Cc1ncn2c1Cc1cnnn1-c1cc(Cl)ccc1-2.Cn1ccc(C#Cc2ncn3c2Cc2cnnn2-c2cc(Cl)ccc2-3)n1. The molecule has 15 aromatic heterocycles. The van der Waals surface area contributed by atoms with Crippen LogP contribution in [0.2, 0.25) is 15.1 Å². The van der Waals surface area contributed by atoms with Crippen LogP contribution >= 0.6 is 46.6 Å². The van der Waals surface area contributed by atoms with E-state index in [1.165, 1.54) is 0 Å². The molecule has 25 rings (SSSR count). The van der Waals surface area contributed by atoms with Crippen LogP contribution in [0.25, 0.3) is 68.3 Å². The lowest BCUT2D eigenvalue weighted by molar-refractivity contribution is 0.174. The van der Waals surface area contributed by atoms with E-state index in [-0.39, 0.29) is 0 Å². The van der Waals surface area contributed by atoms with E-state index in [0.717, 1.165) is 147 Å². The molecular weight excluding hydrogens is 1870 g/mol. The molecule has 3 N–H and O–H groups in total. The summed E-state index contributed by atoms with van der Waals surface area (Å²) >= 11 is 20.3. The van der Waals surface area contributed by atoms with Gasteiger partial charge in [0.05, 0.1) is 168 Å². The van der Waals surface area contributed by atoms with Crippen molar-refractivity contribution in [3.8, 4) is 145 Å². The van der Waals surface area contributed by atoms with Gasteiger partial charge in [-0.25, -0.2) is 59.2 Å². The second kappa shape index (κ2) is 38.7. The Morgan fingerprint density at radius 3 is 1.19 bits per heavy atom. The summed E-state index contributed by atoms with van der Waals surface area (Å²) in [6.45, 7) is 5.90. The Morgan fingerprint density at radius 2 is 0.773 bits per heavy atom. The first-order valence-corrected chi connectivity index (χ1v) is 45.7. The van der Waals surface area contributed by atoms with Crippen LogP contribution in [0.4, 0.5) is 0 Å². The standard InChI is InChI=1S/C23H20N6OS.C20H16ClN7O2.C19H15N7O.C18H12ClN7O.C18H12ClN7/c1-15-4-8-19-17(10-15)23-27-26-21(13-30-2)28(23)12-20-18(25-14-29(19)20)7-5-16-6-9-22(31-3)24-11-16;1-29-10-18-24-25-19-14-7-13(21)4-6-16(14)28-11-22-15(17(28)9-27(18)19)5-3-12-8-23-26-20(12)30-2;1-12-3-6-16-18(7-12)26-14(10-22-24-26)8-17-15(20-11-25(16)17)5-4-13-9-21-23-19(13)27-2;1-27-18-11(8-21-23-18)2-4-14-16-7-13-9-22-24-26(13)17-6-12(19)3-5-15(17)25(16)10-20-14;1-24-7-6-13(22-24)3-4-15-17-9-14-10-21-23-26(14)18-8-12(19)2-5-16(18)25(17)11-20-15/h4,6,8-11,14H,12-13H2,1-3H3;4,6-8,11H,9-10H2,1-2H3,(H,23,26);3,6-7,9-11H,8H2,1-2H3,(H,21,23);3,5-6,8-10H,7H2,1H3,(H,21,23);2,5-8,10-11H,9H2,1H3. The minimum absolute atomic E-state index is 0.338. The van der Waals surface area contributed by atoms with Crippen LogP contribution in [0.1, 0.15) is 125 Å². The number of aromatic amines is 3. The van der Waals surface area contributed by atoms with Crippen molar-refractivity contribution in [2.75, 3.05) is 41.8 Å². The number of aromatic nitrogens is 34. The summed E-state index contributed by atoms with van der Waals surface area (Å²) in [5, 5.41) is 69.7. The van der Waals surface area contributed by atoms with Crippen molar-refractivity contribution in [3.05, 3.63) is 330 Å². The van der Waals surface area contributed by atoms with Gasteiger partial charge < -0.3 is 32.8 Å². The number of nitrogens with zero attached hydrogens (tertiary/aromatic N) is 31. The van der Waals surface area contributed by atoms with Crippen molar-refractivity contribution < 1.29 is 23.7 Å². The summed E-state index contributed by atoms with van der Waals surface area (Å²) in [4.78, 5) is 27.1. The molecule has 20 heterocycles. The van der Waals surface area contributed by atoms with E-state index in [1.54, 1.807) is 125 Å². The van der Waals surface area contributed by atoms with Crippen LogP contribution in [0.3, 0.4) is 0 Å². The summed E-state index contributed by atoms with van der Waals surface area (Å²) in [6, 6.07) is 35.4. The minimum Gasteiger partial charge on any atom is -0.480 e. The lowest BCUT2D eigenvalue weighted by atomic mass is 10.1. The third-order valence-electron chi connectivity index (χ3n) is 23.3. The van der Waals surface area contributed by atoms with Crippen LogP contribution in [0.5, 0.6) is 17.6 Å². The summed E-state index contributed by atoms with van der Waals surface area (Å²) in [6.07, 6.45) is 26.6. The third kappa shape index (κ3) is 17.7. The molecule has 0 spiro atoms. The Labute approximate surface area is 821 Å². The van der Waals surface area contributed by atoms with E-state index in [2.05, 4.69) is 240 Å². The number of imidazole rings is 5. The number of H-pyrrole nitrogens is 3. The van der Waals surface area contributed by atoms with Crippen molar-refractivity contribution in [3.63, 3.8) is 0 Å². The van der Waals surface area contributed by atoms with Crippen LogP contribution in [-0.4, -0.2) is 209 Å². The van der Waals surface area contributed by atoms with Gasteiger partial charge in [-0.15, -0.1) is 47.5 Å². The molecule has 43 heteroatoms. The molecule has 141 heavy (non-hydrogen) atoms. The number of hydrogen-bond donors (Lipinski definition) is 3. The smallest absolute Gasteiger partial charge is 0.225 e. The summed E-state index contributed by atoms with van der Waals surface area (Å²) < 4.78 is 47.8. The molecule has 0 saturated heterocycles. The number of rotatable bonds is 8. The Bertz CT molecular complexity index is 8380. The number of aryl methyl sites for hydroxylation is 3. The molecule has 0 amide bonds. The van der Waals surface area contributed by atoms with E-state index >= 15 is 0 Å². The number of ether oxygens (including phenoxy) is 5. The van der Waals surface area contributed by atoms with Crippen LogP contribution in [-0.2, 0) is 62.1 Å². The van der Waals surface area contributed by atoms with E-state index < -0.39 is 0 Å². The van der Waals surface area contributed by atoms with Crippen molar-refractivity contribution in [2.24, 2.45) is 7.05 Å². The zero-order valence-corrected chi connectivity index (χ0v) is 79.4. The lowest BCUT2D eigenvalue weighted by Gasteiger charge is -2.10. The number of fused-ring (bicyclic) bond motifs is 25. The Morgan fingerprint density at radius 1 is 0.383 bits per heavy atom.